The number of carbonyl (C=O) groups is 4. The van der Waals surface area contributed by atoms with Crippen LogP contribution in [0.1, 0.15) is 342 Å². The molecule has 0 spiro atoms. The summed E-state index contributed by atoms with van der Waals surface area (Å²) in [7, 11) is -9.88. The molecule has 19 heteroatoms. The predicted octanol–water partition coefficient (Wildman–Crippen LogP) is 18.7. The quantitative estimate of drug-likeness (QED) is 0.0222. The van der Waals surface area contributed by atoms with Crippen LogP contribution in [0.15, 0.2) is 0 Å². The van der Waals surface area contributed by atoms with Crippen molar-refractivity contribution in [2.75, 3.05) is 39.6 Å². The van der Waals surface area contributed by atoms with Crippen LogP contribution >= 0.6 is 15.6 Å². The fourth-order valence-corrected chi connectivity index (χ4v) is 11.6. The van der Waals surface area contributed by atoms with Crippen molar-refractivity contribution in [3.8, 4) is 0 Å². The van der Waals surface area contributed by atoms with E-state index in [2.05, 4.69) is 27.7 Å². The third kappa shape index (κ3) is 60.7. The number of hydrogen-bond donors (Lipinski definition) is 3. The highest BCUT2D eigenvalue weighted by atomic mass is 31.2. The van der Waals surface area contributed by atoms with E-state index in [4.69, 9.17) is 37.0 Å². The number of hydrogen-bond acceptors (Lipinski definition) is 15. The van der Waals surface area contributed by atoms with Crippen LogP contribution in [0.3, 0.4) is 0 Å². The van der Waals surface area contributed by atoms with Gasteiger partial charge in [0.05, 0.1) is 26.4 Å². The van der Waals surface area contributed by atoms with Gasteiger partial charge in [0.15, 0.2) is 12.2 Å². The molecule has 0 fully saturated rings. The van der Waals surface area contributed by atoms with Crippen LogP contribution in [0.2, 0.25) is 0 Å². The summed E-state index contributed by atoms with van der Waals surface area (Å²) >= 11 is 0. The van der Waals surface area contributed by atoms with Crippen LogP contribution in [0, 0.1) is 0 Å². The van der Waals surface area contributed by atoms with Crippen molar-refractivity contribution < 1.29 is 80.2 Å². The lowest BCUT2D eigenvalue weighted by Crippen LogP contribution is -2.30. The monoisotopic (exact) mass is 1250 g/mol. The van der Waals surface area contributed by atoms with Gasteiger partial charge in [0.1, 0.15) is 19.3 Å². The van der Waals surface area contributed by atoms with Gasteiger partial charge in [-0.3, -0.25) is 37.3 Å². The number of aliphatic hydroxyl groups excluding tert-OH is 1. The van der Waals surface area contributed by atoms with Crippen LogP contribution in [-0.4, -0.2) is 96.7 Å². The van der Waals surface area contributed by atoms with E-state index in [1.165, 1.54) is 148 Å². The molecule has 0 radical (unpaired) electrons. The van der Waals surface area contributed by atoms with E-state index in [1.807, 2.05) is 0 Å². The molecule has 0 heterocycles. The van der Waals surface area contributed by atoms with E-state index >= 15 is 0 Å². The number of phosphoric ester groups is 2. The maximum absolute atomic E-state index is 13.0. The molecule has 504 valence electrons. The summed E-state index contributed by atoms with van der Waals surface area (Å²) in [6.07, 6.45) is 47.5. The Morgan fingerprint density at radius 2 is 0.471 bits per heavy atom. The molecule has 0 aliphatic rings. The largest absolute Gasteiger partial charge is 0.472 e. The Morgan fingerprint density at radius 3 is 0.694 bits per heavy atom. The molecule has 0 aromatic heterocycles. The van der Waals surface area contributed by atoms with E-state index < -0.39 is 97.5 Å². The smallest absolute Gasteiger partial charge is 0.462 e. The first-order valence-electron chi connectivity index (χ1n) is 34.8. The minimum Gasteiger partial charge on any atom is -0.462 e. The number of rotatable bonds is 67. The molecule has 0 aromatic rings. The van der Waals surface area contributed by atoms with Gasteiger partial charge in [0, 0.05) is 25.7 Å². The van der Waals surface area contributed by atoms with Crippen molar-refractivity contribution in [2.45, 2.75) is 361 Å². The Balaban J connectivity index is 5.16. The van der Waals surface area contributed by atoms with E-state index in [-0.39, 0.29) is 25.7 Å². The molecule has 0 saturated carbocycles. The van der Waals surface area contributed by atoms with Crippen molar-refractivity contribution in [3.63, 3.8) is 0 Å². The van der Waals surface area contributed by atoms with Crippen molar-refractivity contribution in [2.24, 2.45) is 0 Å². The number of carbonyl (C=O) groups excluding carboxylic acids is 4. The Kier molecular flexibility index (Phi) is 59.6. The van der Waals surface area contributed by atoms with E-state index in [0.29, 0.717) is 25.7 Å². The molecule has 2 unspecified atom stereocenters. The number of esters is 4. The lowest BCUT2D eigenvalue weighted by molar-refractivity contribution is -0.161. The molecule has 0 amide bonds. The topological polar surface area (TPSA) is 237 Å². The normalized spacial score (nSPS) is 14.1. The second-order valence-corrected chi connectivity index (χ2v) is 26.8. The fraction of sp³-hybridized carbons (Fsp3) is 0.939. The third-order valence-corrected chi connectivity index (χ3v) is 17.3. The van der Waals surface area contributed by atoms with Gasteiger partial charge in [-0.15, -0.1) is 0 Å². The zero-order chi connectivity index (χ0) is 62.6. The first-order chi connectivity index (χ1) is 41.2. The lowest BCUT2D eigenvalue weighted by atomic mass is 10.0. The van der Waals surface area contributed by atoms with Crippen LogP contribution in [0.5, 0.6) is 0 Å². The Labute approximate surface area is 517 Å². The summed E-state index contributed by atoms with van der Waals surface area (Å²) in [6, 6.07) is 0. The number of ether oxygens (including phenoxy) is 4. The molecule has 0 bridgehead atoms. The molecule has 0 saturated heterocycles. The third-order valence-electron chi connectivity index (χ3n) is 15.4. The van der Waals surface area contributed by atoms with E-state index in [0.717, 1.165) is 116 Å². The Bertz CT molecular complexity index is 1640. The average molecular weight is 1260 g/mol. The lowest BCUT2D eigenvalue weighted by Gasteiger charge is -2.21. The molecule has 0 aliphatic carbocycles. The van der Waals surface area contributed by atoms with Crippen molar-refractivity contribution in [3.05, 3.63) is 0 Å². The fourth-order valence-electron chi connectivity index (χ4n) is 9.99. The first kappa shape index (κ1) is 83.1. The maximum Gasteiger partial charge on any atom is 0.472 e. The second-order valence-electron chi connectivity index (χ2n) is 23.9. The van der Waals surface area contributed by atoms with Gasteiger partial charge in [0.2, 0.25) is 0 Å². The van der Waals surface area contributed by atoms with Crippen molar-refractivity contribution in [1.82, 2.24) is 0 Å². The zero-order valence-electron chi connectivity index (χ0n) is 54.6. The highest BCUT2D eigenvalue weighted by Gasteiger charge is 2.30. The summed E-state index contributed by atoms with van der Waals surface area (Å²) in [5.74, 6) is -2.14. The SMILES string of the molecule is CCCCCCCCCCCCCCCCCCCC(=O)O[C@H](COC(=O)CCCCCCCCCCCCCCCC)COP(=O)(O)OC[C@@H](O)COP(=O)(O)OC[C@@H](COC(=O)CCCCCCCCC)OC(=O)CCCCCCCCC. The Morgan fingerprint density at radius 1 is 0.282 bits per heavy atom. The number of phosphoric acid groups is 2. The average Bonchev–Trinajstić information content (AvgIpc) is 3.53. The molecular formula is C66H128O17P2. The van der Waals surface area contributed by atoms with Crippen molar-refractivity contribution in [1.29, 1.82) is 0 Å². The molecule has 3 N–H and O–H groups in total. The van der Waals surface area contributed by atoms with Crippen LogP contribution in [-0.2, 0) is 65.4 Å². The molecule has 0 aliphatic heterocycles. The van der Waals surface area contributed by atoms with Gasteiger partial charge in [-0.25, -0.2) is 9.13 Å². The number of unbranched alkanes of at least 4 members (excludes halogenated alkanes) is 41. The maximum atomic E-state index is 13.0. The van der Waals surface area contributed by atoms with Gasteiger partial charge < -0.3 is 33.8 Å². The summed E-state index contributed by atoms with van der Waals surface area (Å²) in [6.45, 7) is 4.83. The standard InChI is InChI=1S/C66H128O17P2/c1-5-9-13-17-21-23-25-27-29-30-31-33-35-37-41-45-49-53-66(71)83-62(57-77-64(69)51-47-43-40-36-34-32-28-26-24-22-18-14-10-6-2)59-81-85(74,75)79-55-60(67)54-78-84(72,73)80-58-61(82-65(70)52-48-44-39-20-16-12-8-4)56-76-63(68)50-46-42-38-19-15-11-7-3/h60-62,67H,5-59H2,1-4H3,(H,72,73)(H,74,75)/t60-,61+,62+/m0/s1. The summed E-state index contributed by atoms with van der Waals surface area (Å²) in [4.78, 5) is 72.1. The van der Waals surface area contributed by atoms with Crippen molar-refractivity contribution >= 4 is 39.5 Å². The van der Waals surface area contributed by atoms with Crippen LogP contribution in [0.25, 0.3) is 0 Å². The van der Waals surface area contributed by atoms with Crippen LogP contribution in [0.4, 0.5) is 0 Å². The summed E-state index contributed by atoms with van der Waals surface area (Å²) < 4.78 is 67.9. The summed E-state index contributed by atoms with van der Waals surface area (Å²) in [5.41, 5.74) is 0. The molecule has 85 heavy (non-hydrogen) atoms. The van der Waals surface area contributed by atoms with Crippen LogP contribution < -0.4 is 0 Å². The predicted molar refractivity (Wildman–Crippen MR) is 340 cm³/mol. The Hall–Kier alpha value is -1.94. The van der Waals surface area contributed by atoms with E-state index in [9.17, 15) is 43.2 Å². The highest BCUT2D eigenvalue weighted by Crippen LogP contribution is 2.45. The highest BCUT2D eigenvalue weighted by molar-refractivity contribution is 7.47. The van der Waals surface area contributed by atoms with Gasteiger partial charge >= 0.3 is 39.5 Å². The zero-order valence-corrected chi connectivity index (χ0v) is 56.4. The first-order valence-corrected chi connectivity index (χ1v) is 37.8. The van der Waals surface area contributed by atoms with Gasteiger partial charge in [-0.2, -0.15) is 0 Å². The van der Waals surface area contributed by atoms with E-state index in [1.54, 1.807) is 0 Å². The van der Waals surface area contributed by atoms with Gasteiger partial charge in [0.25, 0.3) is 0 Å². The number of aliphatic hydroxyl groups is 1. The molecular weight excluding hydrogens is 1130 g/mol. The second kappa shape index (κ2) is 60.9. The minimum absolute atomic E-state index is 0.104. The molecule has 5 atom stereocenters. The molecule has 0 rings (SSSR count). The molecule has 0 aromatic carbocycles. The summed E-state index contributed by atoms with van der Waals surface area (Å²) in [5, 5.41) is 10.5. The molecule has 17 nitrogen and oxygen atoms in total. The minimum atomic E-state index is -4.94. The van der Waals surface area contributed by atoms with Gasteiger partial charge in [-0.05, 0) is 25.7 Å². The van der Waals surface area contributed by atoms with Gasteiger partial charge in [-0.1, -0.05) is 291 Å².